The second-order valence-corrected chi connectivity index (χ2v) is 8.81. The van der Waals surface area contributed by atoms with Crippen LogP contribution in [0.2, 0.25) is 0 Å². The van der Waals surface area contributed by atoms with E-state index in [-0.39, 0.29) is 29.4 Å². The largest absolute Gasteiger partial charge is 0.487 e. The van der Waals surface area contributed by atoms with Crippen LogP contribution in [0, 0.1) is 0 Å². The highest BCUT2D eigenvalue weighted by atomic mass is 16.5. The first-order valence-corrected chi connectivity index (χ1v) is 10.9. The number of piperidine rings is 1. The van der Waals surface area contributed by atoms with Crippen LogP contribution in [0.4, 0.5) is 0 Å². The van der Waals surface area contributed by atoms with Gasteiger partial charge in [0, 0.05) is 49.9 Å². The van der Waals surface area contributed by atoms with Gasteiger partial charge in [0.1, 0.15) is 11.4 Å². The molecule has 30 heavy (non-hydrogen) atoms. The van der Waals surface area contributed by atoms with Gasteiger partial charge in [0.15, 0.2) is 0 Å². The summed E-state index contributed by atoms with van der Waals surface area (Å²) in [4.78, 5) is 27.2. The van der Waals surface area contributed by atoms with E-state index in [9.17, 15) is 9.59 Å². The molecule has 2 aromatic rings. The zero-order chi connectivity index (χ0) is 21.1. The number of para-hydroxylation sites is 1. The van der Waals surface area contributed by atoms with Gasteiger partial charge in [0.25, 0.3) is 5.91 Å². The maximum atomic E-state index is 12.8. The SMILES string of the molecule is CC(C)NC(=O)C[C@@H]1CC2(CCN(C(=O)c3ccccc3)CC2)Oc2ccccc21. The number of benzene rings is 2. The number of ether oxygens (including phenoxy) is 1. The first kappa shape index (κ1) is 20.5. The van der Waals surface area contributed by atoms with Crippen LogP contribution in [0.5, 0.6) is 5.75 Å². The Balaban J connectivity index is 1.48. The van der Waals surface area contributed by atoms with Gasteiger partial charge in [-0.15, -0.1) is 0 Å². The highest BCUT2D eigenvalue weighted by molar-refractivity contribution is 5.94. The number of carbonyl (C=O) groups excluding carboxylic acids is 2. The van der Waals surface area contributed by atoms with Crippen LogP contribution >= 0.6 is 0 Å². The van der Waals surface area contributed by atoms with Gasteiger partial charge in [0.2, 0.25) is 5.91 Å². The van der Waals surface area contributed by atoms with Crippen LogP contribution < -0.4 is 10.1 Å². The lowest BCUT2D eigenvalue weighted by molar-refractivity contribution is -0.122. The van der Waals surface area contributed by atoms with Gasteiger partial charge in [-0.25, -0.2) is 0 Å². The van der Waals surface area contributed by atoms with E-state index in [1.807, 2.05) is 67.3 Å². The monoisotopic (exact) mass is 406 g/mol. The van der Waals surface area contributed by atoms with Crippen molar-refractivity contribution in [1.29, 1.82) is 0 Å². The Morgan fingerprint density at radius 3 is 2.43 bits per heavy atom. The first-order chi connectivity index (χ1) is 14.5. The van der Waals surface area contributed by atoms with Crippen molar-refractivity contribution in [3.8, 4) is 5.75 Å². The molecular formula is C25H30N2O3. The van der Waals surface area contributed by atoms with Crippen LogP contribution in [0.1, 0.15) is 61.4 Å². The standard InChI is InChI=1S/C25H30N2O3/c1-18(2)26-23(28)16-20-17-25(30-22-11-7-6-10-21(20)22)12-14-27(15-13-25)24(29)19-8-4-3-5-9-19/h3-11,18,20H,12-17H2,1-2H3,(H,26,28)/t20-/m1/s1. The van der Waals surface area contributed by atoms with E-state index in [1.54, 1.807) is 0 Å². The normalized spacial score (nSPS) is 19.8. The first-order valence-electron chi connectivity index (χ1n) is 10.9. The number of likely N-dealkylation sites (tertiary alicyclic amines) is 1. The van der Waals surface area contributed by atoms with Crippen molar-refractivity contribution in [3.05, 3.63) is 65.7 Å². The van der Waals surface area contributed by atoms with Crippen LogP contribution in [-0.2, 0) is 4.79 Å². The fourth-order valence-electron chi connectivity index (χ4n) is 4.72. The van der Waals surface area contributed by atoms with Crippen molar-refractivity contribution in [2.24, 2.45) is 0 Å². The van der Waals surface area contributed by atoms with Crippen molar-refractivity contribution >= 4 is 11.8 Å². The zero-order valence-corrected chi connectivity index (χ0v) is 17.8. The zero-order valence-electron chi connectivity index (χ0n) is 17.8. The van der Waals surface area contributed by atoms with Crippen molar-refractivity contribution in [2.45, 2.75) is 57.1 Å². The van der Waals surface area contributed by atoms with Gasteiger partial charge in [0.05, 0.1) is 0 Å². The van der Waals surface area contributed by atoms with E-state index in [1.165, 1.54) is 0 Å². The molecule has 2 aliphatic heterocycles. The molecule has 1 fully saturated rings. The minimum atomic E-state index is -0.315. The molecule has 0 bridgehead atoms. The molecule has 2 aliphatic rings. The van der Waals surface area contributed by atoms with Crippen molar-refractivity contribution in [2.75, 3.05) is 13.1 Å². The average Bonchev–Trinajstić information content (AvgIpc) is 2.74. The van der Waals surface area contributed by atoms with Gasteiger partial charge in [-0.05, 0) is 44.0 Å². The Morgan fingerprint density at radius 2 is 1.73 bits per heavy atom. The third kappa shape index (κ3) is 4.35. The fourth-order valence-corrected chi connectivity index (χ4v) is 4.72. The number of hydrogen-bond donors (Lipinski definition) is 1. The summed E-state index contributed by atoms with van der Waals surface area (Å²) >= 11 is 0. The number of amides is 2. The smallest absolute Gasteiger partial charge is 0.253 e. The molecule has 2 amide bonds. The Labute approximate surface area is 178 Å². The lowest BCUT2D eigenvalue weighted by Crippen LogP contribution is -2.52. The highest BCUT2D eigenvalue weighted by Crippen LogP contribution is 2.46. The van der Waals surface area contributed by atoms with Gasteiger partial charge in [-0.1, -0.05) is 36.4 Å². The lowest BCUT2D eigenvalue weighted by atomic mass is 9.76. The van der Waals surface area contributed by atoms with Crippen molar-refractivity contribution in [1.82, 2.24) is 10.2 Å². The van der Waals surface area contributed by atoms with Gasteiger partial charge in [-0.2, -0.15) is 0 Å². The molecule has 1 spiro atoms. The molecule has 0 aliphatic carbocycles. The number of carbonyl (C=O) groups is 2. The maximum absolute atomic E-state index is 12.8. The molecule has 5 heteroatoms. The van der Waals surface area contributed by atoms with Crippen molar-refractivity contribution < 1.29 is 14.3 Å². The molecule has 1 saturated heterocycles. The summed E-state index contributed by atoms with van der Waals surface area (Å²) in [7, 11) is 0. The molecule has 158 valence electrons. The molecule has 0 saturated carbocycles. The summed E-state index contributed by atoms with van der Waals surface area (Å²) < 4.78 is 6.52. The Hall–Kier alpha value is -2.82. The molecule has 2 heterocycles. The molecule has 1 N–H and O–H groups in total. The molecular weight excluding hydrogens is 376 g/mol. The predicted molar refractivity (Wildman–Crippen MR) is 117 cm³/mol. The van der Waals surface area contributed by atoms with Crippen LogP contribution in [-0.4, -0.2) is 41.4 Å². The molecule has 5 nitrogen and oxygen atoms in total. The highest BCUT2D eigenvalue weighted by Gasteiger charge is 2.44. The van der Waals surface area contributed by atoms with E-state index in [2.05, 4.69) is 11.4 Å². The number of nitrogens with one attached hydrogen (secondary N) is 1. The maximum Gasteiger partial charge on any atom is 0.253 e. The summed E-state index contributed by atoms with van der Waals surface area (Å²) in [5.41, 5.74) is 1.53. The minimum absolute atomic E-state index is 0.0783. The van der Waals surface area contributed by atoms with E-state index in [0.29, 0.717) is 19.5 Å². The molecule has 2 aromatic carbocycles. The predicted octanol–water partition coefficient (Wildman–Crippen LogP) is 4.14. The molecule has 1 atom stereocenters. The molecule has 0 aromatic heterocycles. The summed E-state index contributed by atoms with van der Waals surface area (Å²) in [6, 6.07) is 17.6. The second-order valence-electron chi connectivity index (χ2n) is 8.81. The van der Waals surface area contributed by atoms with Crippen LogP contribution in [0.15, 0.2) is 54.6 Å². The Bertz CT molecular complexity index is 902. The average molecular weight is 407 g/mol. The third-order valence-electron chi connectivity index (χ3n) is 6.17. The molecule has 0 unspecified atom stereocenters. The minimum Gasteiger partial charge on any atom is -0.487 e. The molecule has 4 rings (SSSR count). The summed E-state index contributed by atoms with van der Waals surface area (Å²) in [5, 5.41) is 3.02. The van der Waals surface area contributed by atoms with E-state index < -0.39 is 0 Å². The number of fused-ring (bicyclic) bond motifs is 1. The molecule has 0 radical (unpaired) electrons. The second kappa shape index (κ2) is 8.50. The van der Waals surface area contributed by atoms with E-state index in [0.717, 1.165) is 36.1 Å². The summed E-state index contributed by atoms with van der Waals surface area (Å²) in [5.74, 6) is 1.17. The van der Waals surface area contributed by atoms with E-state index >= 15 is 0 Å². The fraction of sp³-hybridized carbons (Fsp3) is 0.440. The summed E-state index contributed by atoms with van der Waals surface area (Å²) in [6.07, 6.45) is 2.83. The van der Waals surface area contributed by atoms with Gasteiger partial charge >= 0.3 is 0 Å². The summed E-state index contributed by atoms with van der Waals surface area (Å²) in [6.45, 7) is 5.30. The number of nitrogens with zero attached hydrogens (tertiary/aromatic N) is 1. The third-order valence-corrected chi connectivity index (χ3v) is 6.17. The Morgan fingerprint density at radius 1 is 1.07 bits per heavy atom. The lowest BCUT2D eigenvalue weighted by Gasteiger charge is -2.47. The number of rotatable bonds is 4. The number of hydrogen-bond acceptors (Lipinski definition) is 3. The van der Waals surface area contributed by atoms with Crippen LogP contribution in [0.3, 0.4) is 0 Å². The van der Waals surface area contributed by atoms with E-state index in [4.69, 9.17) is 4.74 Å². The van der Waals surface area contributed by atoms with Crippen LogP contribution in [0.25, 0.3) is 0 Å². The van der Waals surface area contributed by atoms with Gasteiger partial charge < -0.3 is 15.0 Å². The van der Waals surface area contributed by atoms with Crippen molar-refractivity contribution in [3.63, 3.8) is 0 Å². The topological polar surface area (TPSA) is 58.6 Å². The van der Waals surface area contributed by atoms with Gasteiger partial charge in [-0.3, -0.25) is 9.59 Å². The quantitative estimate of drug-likeness (QED) is 0.830. The Kier molecular flexibility index (Phi) is 5.80.